The van der Waals surface area contributed by atoms with Gasteiger partial charge in [0.2, 0.25) is 0 Å². The topological polar surface area (TPSA) is 81.5 Å². The maximum Gasteiger partial charge on any atom is 0.254 e. The zero-order valence-corrected chi connectivity index (χ0v) is 20.1. The molecule has 0 saturated carbocycles. The summed E-state index contributed by atoms with van der Waals surface area (Å²) in [5.41, 5.74) is 12.0. The van der Waals surface area contributed by atoms with Gasteiger partial charge in [0.1, 0.15) is 17.2 Å². The molecule has 1 amide bonds. The lowest BCUT2D eigenvalue weighted by Crippen LogP contribution is -2.45. The van der Waals surface area contributed by atoms with Gasteiger partial charge in [-0.15, -0.1) is 0 Å². The Morgan fingerprint density at radius 2 is 2.03 bits per heavy atom. The Balaban J connectivity index is 1.42. The number of likely N-dealkylation sites (tertiary alicyclic amines) is 1. The molecule has 1 aliphatic rings. The molecule has 8 heteroatoms. The minimum Gasteiger partial charge on any atom is -0.337 e. The van der Waals surface area contributed by atoms with E-state index in [0.717, 1.165) is 53.1 Å². The van der Waals surface area contributed by atoms with Gasteiger partial charge in [-0.2, -0.15) is 0 Å². The molecule has 36 heavy (non-hydrogen) atoms. The molecule has 1 saturated heterocycles. The van der Waals surface area contributed by atoms with E-state index in [4.69, 9.17) is 10.7 Å². The molecule has 0 spiro atoms. The number of rotatable bonds is 4. The van der Waals surface area contributed by atoms with E-state index in [0.29, 0.717) is 24.3 Å². The molecule has 0 aliphatic carbocycles. The fraction of sp³-hybridized carbons (Fsp3) is 0.250. The third kappa shape index (κ3) is 3.93. The van der Waals surface area contributed by atoms with E-state index in [-0.39, 0.29) is 17.8 Å². The highest BCUT2D eigenvalue weighted by Crippen LogP contribution is 2.31. The predicted octanol–water partition coefficient (Wildman–Crippen LogP) is 4.41. The molecule has 0 radical (unpaired) electrons. The standard InChI is InChI=1S/C28H27FN6O/c1-18-27(32-26-14-20(10-12-34(18)26)28(36)33-11-4-6-22(30)16-33)25-13-19-5-2-3-7-24(19)35(25)17-23-9-8-21(29)15-31-23/h2-3,5,7-10,12-15,22H,4,6,11,16-17,30H2,1H3. The van der Waals surface area contributed by atoms with Crippen LogP contribution in [-0.2, 0) is 6.54 Å². The molecule has 1 fully saturated rings. The lowest BCUT2D eigenvalue weighted by atomic mass is 10.1. The summed E-state index contributed by atoms with van der Waals surface area (Å²) in [7, 11) is 0. The van der Waals surface area contributed by atoms with Crippen LogP contribution < -0.4 is 5.73 Å². The van der Waals surface area contributed by atoms with Gasteiger partial charge in [-0.25, -0.2) is 9.37 Å². The third-order valence-electron chi connectivity index (χ3n) is 7.02. The second-order valence-electron chi connectivity index (χ2n) is 9.49. The van der Waals surface area contributed by atoms with E-state index >= 15 is 0 Å². The van der Waals surface area contributed by atoms with Crippen LogP contribution in [-0.4, -0.2) is 48.9 Å². The average Bonchev–Trinajstić information content (AvgIpc) is 3.42. The number of pyridine rings is 2. The van der Waals surface area contributed by atoms with Crippen molar-refractivity contribution in [2.24, 2.45) is 5.73 Å². The number of piperidine rings is 1. The number of nitrogens with two attached hydrogens (primary N) is 1. The summed E-state index contributed by atoms with van der Waals surface area (Å²) in [5, 5.41) is 1.09. The minimum absolute atomic E-state index is 0.00801. The zero-order chi connectivity index (χ0) is 24.8. The molecule has 4 aromatic heterocycles. The Hall–Kier alpha value is -4.04. The Morgan fingerprint density at radius 3 is 2.83 bits per heavy atom. The lowest BCUT2D eigenvalue weighted by molar-refractivity contribution is 0.0709. The predicted molar refractivity (Wildman–Crippen MR) is 137 cm³/mol. The van der Waals surface area contributed by atoms with Crippen LogP contribution in [0.3, 0.4) is 0 Å². The summed E-state index contributed by atoms with van der Waals surface area (Å²) in [6, 6.07) is 17.1. The molecule has 1 atom stereocenters. The summed E-state index contributed by atoms with van der Waals surface area (Å²) < 4.78 is 17.6. The summed E-state index contributed by atoms with van der Waals surface area (Å²) in [5.74, 6) is -0.365. The lowest BCUT2D eigenvalue weighted by Gasteiger charge is -2.30. The first kappa shape index (κ1) is 22.4. The molecular weight excluding hydrogens is 455 g/mol. The van der Waals surface area contributed by atoms with Gasteiger partial charge in [-0.05, 0) is 56.2 Å². The number of amides is 1. The van der Waals surface area contributed by atoms with Gasteiger partial charge >= 0.3 is 0 Å². The highest BCUT2D eigenvalue weighted by molar-refractivity contribution is 5.95. The van der Waals surface area contributed by atoms with Gasteiger partial charge < -0.3 is 19.6 Å². The Morgan fingerprint density at radius 1 is 1.17 bits per heavy atom. The van der Waals surface area contributed by atoms with Crippen molar-refractivity contribution < 1.29 is 9.18 Å². The average molecular weight is 483 g/mol. The zero-order valence-electron chi connectivity index (χ0n) is 20.1. The van der Waals surface area contributed by atoms with Gasteiger partial charge in [-0.1, -0.05) is 18.2 Å². The SMILES string of the molecule is Cc1c(-c2cc3ccccc3n2Cc2ccc(F)cn2)nc2cc(C(=O)N3CCCC(N)C3)ccn12. The van der Waals surface area contributed by atoms with E-state index in [2.05, 4.69) is 27.8 Å². The summed E-state index contributed by atoms with van der Waals surface area (Å²) in [4.78, 5) is 24.2. The van der Waals surface area contributed by atoms with Crippen molar-refractivity contribution in [1.29, 1.82) is 0 Å². The molecule has 0 bridgehead atoms. The van der Waals surface area contributed by atoms with Crippen LogP contribution in [0.4, 0.5) is 4.39 Å². The van der Waals surface area contributed by atoms with Crippen molar-refractivity contribution >= 4 is 22.5 Å². The van der Waals surface area contributed by atoms with Crippen LogP contribution in [0.2, 0.25) is 0 Å². The van der Waals surface area contributed by atoms with E-state index in [1.54, 1.807) is 6.07 Å². The number of nitrogens with zero attached hydrogens (tertiary/aromatic N) is 5. The number of benzene rings is 1. The van der Waals surface area contributed by atoms with Crippen LogP contribution in [0, 0.1) is 12.7 Å². The highest BCUT2D eigenvalue weighted by atomic mass is 19.1. The number of para-hydroxylation sites is 1. The summed E-state index contributed by atoms with van der Waals surface area (Å²) in [6.07, 6.45) is 5.03. The number of hydrogen-bond donors (Lipinski definition) is 1. The van der Waals surface area contributed by atoms with Gasteiger partial charge in [0.05, 0.1) is 24.1 Å². The van der Waals surface area contributed by atoms with Gasteiger partial charge in [0.25, 0.3) is 5.91 Å². The van der Waals surface area contributed by atoms with Crippen molar-refractivity contribution in [3.8, 4) is 11.4 Å². The molecule has 1 aliphatic heterocycles. The van der Waals surface area contributed by atoms with Crippen molar-refractivity contribution in [2.45, 2.75) is 32.4 Å². The number of halogens is 1. The molecule has 7 nitrogen and oxygen atoms in total. The molecule has 5 aromatic rings. The van der Waals surface area contributed by atoms with Crippen LogP contribution in [0.5, 0.6) is 0 Å². The largest absolute Gasteiger partial charge is 0.337 e. The van der Waals surface area contributed by atoms with Crippen LogP contribution in [0.15, 0.2) is 67.0 Å². The number of aryl methyl sites for hydroxylation is 1. The minimum atomic E-state index is -0.357. The molecule has 182 valence electrons. The maximum absolute atomic E-state index is 13.4. The van der Waals surface area contributed by atoms with Gasteiger partial charge in [0, 0.05) is 47.5 Å². The van der Waals surface area contributed by atoms with E-state index in [1.807, 2.05) is 46.7 Å². The summed E-state index contributed by atoms with van der Waals surface area (Å²) in [6.45, 7) is 3.82. The Labute approximate surface area is 208 Å². The Kier molecular flexibility index (Phi) is 5.53. The first-order valence-electron chi connectivity index (χ1n) is 12.2. The number of hydrogen-bond acceptors (Lipinski definition) is 4. The third-order valence-corrected chi connectivity index (χ3v) is 7.02. The number of fused-ring (bicyclic) bond motifs is 2. The quantitative estimate of drug-likeness (QED) is 0.411. The van der Waals surface area contributed by atoms with E-state index < -0.39 is 0 Å². The number of aromatic nitrogens is 4. The fourth-order valence-corrected chi connectivity index (χ4v) is 5.16. The normalized spacial score (nSPS) is 16.2. The van der Waals surface area contributed by atoms with Crippen molar-refractivity contribution in [1.82, 2.24) is 23.8 Å². The monoisotopic (exact) mass is 482 g/mol. The molecule has 1 unspecified atom stereocenters. The second kappa shape index (κ2) is 8.87. The highest BCUT2D eigenvalue weighted by Gasteiger charge is 2.24. The molecule has 1 aromatic carbocycles. The van der Waals surface area contributed by atoms with Gasteiger partial charge in [-0.3, -0.25) is 9.78 Å². The first-order valence-corrected chi connectivity index (χ1v) is 12.2. The molecule has 2 N–H and O–H groups in total. The van der Waals surface area contributed by atoms with Crippen LogP contribution in [0.25, 0.3) is 27.9 Å². The van der Waals surface area contributed by atoms with Crippen molar-refractivity contribution in [2.75, 3.05) is 13.1 Å². The van der Waals surface area contributed by atoms with E-state index in [1.165, 1.54) is 12.3 Å². The maximum atomic E-state index is 13.4. The molecule has 5 heterocycles. The van der Waals surface area contributed by atoms with E-state index in [9.17, 15) is 9.18 Å². The van der Waals surface area contributed by atoms with Gasteiger partial charge in [0.15, 0.2) is 0 Å². The number of carbonyl (C=O) groups is 1. The van der Waals surface area contributed by atoms with Crippen LogP contribution in [0.1, 0.15) is 34.6 Å². The van der Waals surface area contributed by atoms with Crippen molar-refractivity contribution in [3.63, 3.8) is 0 Å². The van der Waals surface area contributed by atoms with Crippen LogP contribution >= 0.6 is 0 Å². The fourth-order valence-electron chi connectivity index (χ4n) is 5.16. The second-order valence-corrected chi connectivity index (χ2v) is 9.49. The smallest absolute Gasteiger partial charge is 0.254 e. The molecule has 6 rings (SSSR count). The Bertz CT molecular complexity index is 1590. The first-order chi connectivity index (χ1) is 17.5. The number of carbonyl (C=O) groups excluding carboxylic acids is 1. The van der Waals surface area contributed by atoms with Crippen molar-refractivity contribution in [3.05, 3.63) is 89.8 Å². The number of imidazole rings is 1. The summed E-state index contributed by atoms with van der Waals surface area (Å²) >= 11 is 0. The molecular formula is C28H27FN6O.